The Morgan fingerprint density at radius 1 is 0.870 bits per heavy atom. The summed E-state index contributed by atoms with van der Waals surface area (Å²) in [6.07, 6.45) is -0.144. The van der Waals surface area contributed by atoms with Gasteiger partial charge in [-0.15, -0.1) is 0 Å². The Morgan fingerprint density at radius 2 is 1.39 bits per heavy atom. The van der Waals surface area contributed by atoms with Crippen LogP contribution in [-0.2, 0) is 18.9 Å². The maximum atomic E-state index is 11.8. The predicted octanol–water partition coefficient (Wildman–Crippen LogP) is 3.08. The van der Waals surface area contributed by atoms with Gasteiger partial charge < -0.3 is 18.9 Å². The summed E-state index contributed by atoms with van der Waals surface area (Å²) in [5, 5.41) is 0. The van der Waals surface area contributed by atoms with E-state index in [9.17, 15) is 4.79 Å². The zero-order chi connectivity index (χ0) is 17.1. The van der Waals surface area contributed by atoms with Crippen LogP contribution < -0.4 is 0 Å². The highest BCUT2D eigenvalue weighted by Gasteiger charge is 2.12. The number of hydrogen-bond donors (Lipinski definition) is 0. The Balaban J connectivity index is 2.16. The topological polar surface area (TPSA) is 54.0 Å². The van der Waals surface area contributed by atoms with Crippen molar-refractivity contribution in [3.05, 3.63) is 35.9 Å². The molecule has 1 aromatic rings. The number of hydrogen-bond acceptors (Lipinski definition) is 5. The SMILES string of the molecule is CCOC(C)COC(C)COC(C)COC(=O)c1ccccc1. The summed E-state index contributed by atoms with van der Waals surface area (Å²) in [4.78, 5) is 11.8. The van der Waals surface area contributed by atoms with E-state index in [1.165, 1.54) is 0 Å². The molecule has 0 N–H and O–H groups in total. The van der Waals surface area contributed by atoms with Crippen LogP contribution in [0.15, 0.2) is 30.3 Å². The smallest absolute Gasteiger partial charge is 0.338 e. The fourth-order valence-electron chi connectivity index (χ4n) is 1.88. The van der Waals surface area contributed by atoms with Crippen LogP contribution >= 0.6 is 0 Å². The molecule has 0 spiro atoms. The van der Waals surface area contributed by atoms with Crippen molar-refractivity contribution < 1.29 is 23.7 Å². The molecule has 0 amide bonds. The number of benzene rings is 1. The Bertz CT molecular complexity index is 434. The molecule has 0 fully saturated rings. The summed E-state index contributed by atoms with van der Waals surface area (Å²) >= 11 is 0. The average molecular weight is 324 g/mol. The molecule has 0 aliphatic heterocycles. The van der Waals surface area contributed by atoms with Crippen molar-refractivity contribution >= 4 is 5.97 Å². The van der Waals surface area contributed by atoms with Gasteiger partial charge in [0.05, 0.1) is 37.1 Å². The lowest BCUT2D eigenvalue weighted by atomic mass is 10.2. The molecule has 1 aromatic carbocycles. The molecule has 3 atom stereocenters. The third kappa shape index (κ3) is 8.69. The second-order valence-electron chi connectivity index (χ2n) is 5.52. The minimum Gasteiger partial charge on any atom is -0.459 e. The van der Waals surface area contributed by atoms with Crippen LogP contribution in [0.25, 0.3) is 0 Å². The van der Waals surface area contributed by atoms with Crippen molar-refractivity contribution in [1.82, 2.24) is 0 Å². The number of rotatable bonds is 11. The molecule has 23 heavy (non-hydrogen) atoms. The van der Waals surface area contributed by atoms with Crippen LogP contribution in [0.4, 0.5) is 0 Å². The van der Waals surface area contributed by atoms with Gasteiger partial charge in [-0.25, -0.2) is 4.79 Å². The van der Waals surface area contributed by atoms with E-state index >= 15 is 0 Å². The third-order valence-corrected chi connectivity index (χ3v) is 3.14. The maximum Gasteiger partial charge on any atom is 0.338 e. The van der Waals surface area contributed by atoms with Gasteiger partial charge in [0.25, 0.3) is 0 Å². The molecule has 0 radical (unpaired) electrons. The Morgan fingerprint density at radius 3 is 1.96 bits per heavy atom. The lowest BCUT2D eigenvalue weighted by molar-refractivity contribution is -0.0746. The molecule has 130 valence electrons. The Kier molecular flexibility index (Phi) is 9.52. The van der Waals surface area contributed by atoms with Gasteiger partial charge in [0.15, 0.2) is 0 Å². The average Bonchev–Trinajstić information content (AvgIpc) is 2.57. The fraction of sp³-hybridized carbons (Fsp3) is 0.611. The molecular weight excluding hydrogens is 296 g/mol. The zero-order valence-electron chi connectivity index (χ0n) is 14.5. The lowest BCUT2D eigenvalue weighted by Gasteiger charge is -2.19. The van der Waals surface area contributed by atoms with Crippen molar-refractivity contribution in [3.63, 3.8) is 0 Å². The van der Waals surface area contributed by atoms with Crippen LogP contribution in [0.2, 0.25) is 0 Å². The van der Waals surface area contributed by atoms with Gasteiger partial charge in [-0.3, -0.25) is 0 Å². The first-order valence-corrected chi connectivity index (χ1v) is 8.09. The van der Waals surface area contributed by atoms with Gasteiger partial charge in [-0.05, 0) is 39.8 Å². The van der Waals surface area contributed by atoms with E-state index in [-0.39, 0.29) is 30.9 Å². The molecule has 0 saturated heterocycles. The summed E-state index contributed by atoms with van der Waals surface area (Å²) in [6, 6.07) is 8.92. The van der Waals surface area contributed by atoms with E-state index in [0.29, 0.717) is 25.4 Å². The molecule has 0 saturated carbocycles. The van der Waals surface area contributed by atoms with Crippen LogP contribution in [0.1, 0.15) is 38.1 Å². The number of carbonyl (C=O) groups excluding carboxylic acids is 1. The minimum absolute atomic E-state index is 0.0369. The highest BCUT2D eigenvalue weighted by molar-refractivity contribution is 5.89. The first kappa shape index (κ1) is 19.6. The number of carbonyl (C=O) groups is 1. The number of esters is 1. The first-order chi connectivity index (χ1) is 11.0. The highest BCUT2D eigenvalue weighted by atomic mass is 16.6. The van der Waals surface area contributed by atoms with Gasteiger partial charge in [0.1, 0.15) is 6.61 Å². The summed E-state index contributed by atoms with van der Waals surface area (Å²) in [7, 11) is 0. The van der Waals surface area contributed by atoms with Gasteiger partial charge in [-0.1, -0.05) is 18.2 Å². The highest BCUT2D eigenvalue weighted by Crippen LogP contribution is 2.04. The number of ether oxygens (including phenoxy) is 4. The fourth-order valence-corrected chi connectivity index (χ4v) is 1.88. The quantitative estimate of drug-likeness (QED) is 0.586. The van der Waals surface area contributed by atoms with E-state index in [1.54, 1.807) is 24.3 Å². The van der Waals surface area contributed by atoms with Crippen LogP contribution in [-0.4, -0.2) is 50.7 Å². The Hall–Kier alpha value is -1.43. The van der Waals surface area contributed by atoms with Crippen LogP contribution in [0, 0.1) is 0 Å². The van der Waals surface area contributed by atoms with Crippen molar-refractivity contribution in [3.8, 4) is 0 Å². The van der Waals surface area contributed by atoms with Crippen LogP contribution in [0.3, 0.4) is 0 Å². The third-order valence-electron chi connectivity index (χ3n) is 3.14. The zero-order valence-corrected chi connectivity index (χ0v) is 14.5. The molecular formula is C18H28O5. The molecule has 0 aromatic heterocycles. The van der Waals surface area contributed by atoms with Gasteiger partial charge in [0, 0.05) is 6.61 Å². The first-order valence-electron chi connectivity index (χ1n) is 8.09. The van der Waals surface area contributed by atoms with Crippen LogP contribution in [0.5, 0.6) is 0 Å². The van der Waals surface area contributed by atoms with Crippen molar-refractivity contribution in [2.45, 2.75) is 46.0 Å². The van der Waals surface area contributed by atoms with Crippen molar-refractivity contribution in [2.75, 3.05) is 26.4 Å². The molecule has 3 unspecified atom stereocenters. The van der Waals surface area contributed by atoms with E-state index in [4.69, 9.17) is 18.9 Å². The molecule has 0 bridgehead atoms. The van der Waals surface area contributed by atoms with E-state index in [1.807, 2.05) is 33.8 Å². The maximum absolute atomic E-state index is 11.8. The second kappa shape index (κ2) is 11.2. The van der Waals surface area contributed by atoms with E-state index in [2.05, 4.69) is 0 Å². The van der Waals surface area contributed by atoms with Gasteiger partial charge >= 0.3 is 5.97 Å². The second-order valence-corrected chi connectivity index (χ2v) is 5.52. The molecule has 0 heterocycles. The predicted molar refractivity (Wildman–Crippen MR) is 88.6 cm³/mol. The summed E-state index contributed by atoms with van der Waals surface area (Å²) in [5.74, 6) is -0.337. The largest absolute Gasteiger partial charge is 0.459 e. The Labute approximate surface area is 138 Å². The molecule has 5 nitrogen and oxygen atoms in total. The minimum atomic E-state index is -0.337. The normalized spacial score (nSPS) is 15.0. The van der Waals surface area contributed by atoms with Crippen molar-refractivity contribution in [1.29, 1.82) is 0 Å². The van der Waals surface area contributed by atoms with Crippen molar-refractivity contribution in [2.24, 2.45) is 0 Å². The van der Waals surface area contributed by atoms with E-state index in [0.717, 1.165) is 0 Å². The molecule has 1 rings (SSSR count). The van der Waals surface area contributed by atoms with Gasteiger partial charge in [-0.2, -0.15) is 0 Å². The standard InChI is InChI=1S/C18H28O5/c1-5-20-14(2)11-21-15(3)12-22-16(4)13-23-18(19)17-9-7-6-8-10-17/h6-10,14-16H,5,11-13H2,1-4H3. The molecule has 5 heteroatoms. The van der Waals surface area contributed by atoms with Gasteiger partial charge in [0.2, 0.25) is 0 Å². The summed E-state index contributed by atoms with van der Waals surface area (Å²) in [5.41, 5.74) is 0.543. The lowest BCUT2D eigenvalue weighted by Crippen LogP contribution is -2.27. The molecule has 0 aliphatic carbocycles. The molecule has 0 aliphatic rings. The van der Waals surface area contributed by atoms with E-state index < -0.39 is 0 Å². The monoisotopic (exact) mass is 324 g/mol. The summed E-state index contributed by atoms with van der Waals surface area (Å²) in [6.45, 7) is 9.63. The summed E-state index contributed by atoms with van der Waals surface area (Å²) < 4.78 is 21.9.